The van der Waals surface area contributed by atoms with E-state index in [4.69, 9.17) is 0 Å². The molecule has 1 heterocycles. The van der Waals surface area contributed by atoms with Crippen molar-refractivity contribution in [3.8, 4) is 0 Å². The van der Waals surface area contributed by atoms with Gasteiger partial charge in [-0.3, -0.25) is 4.68 Å². The summed E-state index contributed by atoms with van der Waals surface area (Å²) in [6, 6.07) is -0.182. The maximum absolute atomic E-state index is 11.9. The summed E-state index contributed by atoms with van der Waals surface area (Å²) in [4.78, 5) is 11.9. The first-order valence-corrected chi connectivity index (χ1v) is 6.66. The number of nitrogens with one attached hydrogen (secondary N) is 2. The third-order valence-corrected chi connectivity index (χ3v) is 3.12. The minimum Gasteiger partial charge on any atom is -0.338 e. The predicted octanol–water partition coefficient (Wildman–Crippen LogP) is 2.44. The highest BCUT2D eigenvalue weighted by Gasteiger charge is 2.19. The van der Waals surface area contributed by atoms with Gasteiger partial charge in [0.15, 0.2) is 0 Å². The summed E-state index contributed by atoms with van der Waals surface area (Å²) in [5, 5.41) is 10.2. The van der Waals surface area contributed by atoms with Crippen molar-refractivity contribution in [3.63, 3.8) is 0 Å². The second kappa shape index (κ2) is 5.63. The van der Waals surface area contributed by atoms with E-state index in [2.05, 4.69) is 36.5 Å². The number of rotatable bonds is 3. The SMILES string of the molecule is Cc1nn(C)c(C)c1[C@H](C)NC(=O)NCC(C)(C)C. The molecule has 1 atom stereocenters. The zero-order valence-corrected chi connectivity index (χ0v) is 13.1. The van der Waals surface area contributed by atoms with Crippen LogP contribution in [0.2, 0.25) is 0 Å². The molecule has 2 amide bonds. The van der Waals surface area contributed by atoms with Crippen LogP contribution in [0.3, 0.4) is 0 Å². The minimum absolute atomic E-state index is 0.0475. The zero-order valence-electron chi connectivity index (χ0n) is 13.1. The molecule has 0 unspecified atom stereocenters. The summed E-state index contributed by atoms with van der Waals surface area (Å²) < 4.78 is 1.84. The maximum Gasteiger partial charge on any atom is 0.315 e. The Balaban J connectivity index is 2.64. The molecule has 0 radical (unpaired) electrons. The van der Waals surface area contributed by atoms with Gasteiger partial charge in [0.1, 0.15) is 0 Å². The molecule has 1 aromatic rings. The summed E-state index contributed by atoms with van der Waals surface area (Å²) in [6.07, 6.45) is 0. The number of aromatic nitrogens is 2. The predicted molar refractivity (Wildman–Crippen MR) is 77.1 cm³/mol. The first kappa shape index (κ1) is 15.5. The molecule has 2 N–H and O–H groups in total. The largest absolute Gasteiger partial charge is 0.338 e. The van der Waals surface area contributed by atoms with E-state index < -0.39 is 0 Å². The van der Waals surface area contributed by atoms with Gasteiger partial charge < -0.3 is 10.6 Å². The van der Waals surface area contributed by atoms with Crippen LogP contribution in [-0.2, 0) is 7.05 Å². The standard InChI is InChI=1S/C14H26N4O/c1-9(12-10(2)17-18(7)11(12)3)16-13(19)15-8-14(4,5)6/h9H,8H2,1-7H3,(H2,15,16,19)/t9-/m0/s1. The van der Waals surface area contributed by atoms with Gasteiger partial charge >= 0.3 is 6.03 Å². The average molecular weight is 266 g/mol. The third kappa shape index (κ3) is 4.26. The highest BCUT2D eigenvalue weighted by Crippen LogP contribution is 2.20. The van der Waals surface area contributed by atoms with Crippen LogP contribution in [0.25, 0.3) is 0 Å². The van der Waals surface area contributed by atoms with Crippen molar-refractivity contribution in [2.45, 2.75) is 47.6 Å². The summed E-state index contributed by atoms with van der Waals surface area (Å²) >= 11 is 0. The fourth-order valence-corrected chi connectivity index (χ4v) is 2.08. The lowest BCUT2D eigenvalue weighted by Crippen LogP contribution is -2.41. The molecule has 5 nitrogen and oxygen atoms in total. The van der Waals surface area contributed by atoms with E-state index >= 15 is 0 Å². The molecule has 5 heteroatoms. The van der Waals surface area contributed by atoms with Crippen molar-refractivity contribution in [1.82, 2.24) is 20.4 Å². The Morgan fingerprint density at radius 3 is 2.37 bits per heavy atom. The normalized spacial score (nSPS) is 13.2. The molecule has 19 heavy (non-hydrogen) atoms. The lowest BCUT2D eigenvalue weighted by molar-refractivity contribution is 0.232. The van der Waals surface area contributed by atoms with Gasteiger partial charge in [-0.1, -0.05) is 20.8 Å². The van der Waals surface area contributed by atoms with Crippen LogP contribution in [-0.4, -0.2) is 22.4 Å². The molecule has 0 aliphatic heterocycles. The summed E-state index contributed by atoms with van der Waals surface area (Å²) in [5.74, 6) is 0. The van der Waals surface area contributed by atoms with Gasteiger partial charge in [0.05, 0.1) is 11.7 Å². The number of nitrogens with zero attached hydrogens (tertiary/aromatic N) is 2. The number of amides is 2. The van der Waals surface area contributed by atoms with Crippen LogP contribution < -0.4 is 10.6 Å². The average Bonchev–Trinajstić information content (AvgIpc) is 2.49. The Bertz CT molecular complexity index is 457. The van der Waals surface area contributed by atoms with Gasteiger partial charge in [0.2, 0.25) is 0 Å². The highest BCUT2D eigenvalue weighted by molar-refractivity contribution is 5.74. The van der Waals surface area contributed by atoms with Crippen molar-refractivity contribution in [2.75, 3.05) is 6.54 Å². The molecule has 0 saturated carbocycles. The first-order valence-electron chi connectivity index (χ1n) is 6.66. The molecule has 0 fully saturated rings. The van der Waals surface area contributed by atoms with E-state index in [0.717, 1.165) is 17.0 Å². The van der Waals surface area contributed by atoms with E-state index in [9.17, 15) is 4.79 Å². The molecule has 1 rings (SSSR count). The van der Waals surface area contributed by atoms with E-state index in [-0.39, 0.29) is 17.5 Å². The van der Waals surface area contributed by atoms with Crippen molar-refractivity contribution < 1.29 is 4.79 Å². The fourth-order valence-electron chi connectivity index (χ4n) is 2.08. The van der Waals surface area contributed by atoms with Gasteiger partial charge in [-0.15, -0.1) is 0 Å². The Kier molecular flexibility index (Phi) is 4.61. The monoisotopic (exact) mass is 266 g/mol. The van der Waals surface area contributed by atoms with Gasteiger partial charge in [-0.2, -0.15) is 5.10 Å². The van der Waals surface area contributed by atoms with Crippen LogP contribution in [0, 0.1) is 19.3 Å². The number of urea groups is 1. The summed E-state index contributed by atoms with van der Waals surface area (Å²) in [6.45, 7) is 12.9. The zero-order chi connectivity index (χ0) is 14.8. The topological polar surface area (TPSA) is 59.0 Å². The van der Waals surface area contributed by atoms with E-state index in [1.807, 2.05) is 32.5 Å². The number of hydrogen-bond donors (Lipinski definition) is 2. The lowest BCUT2D eigenvalue weighted by Gasteiger charge is -2.21. The molecule has 0 bridgehead atoms. The van der Waals surface area contributed by atoms with Gasteiger partial charge in [0.25, 0.3) is 0 Å². The molecule has 0 saturated heterocycles. The van der Waals surface area contributed by atoms with Gasteiger partial charge in [0, 0.05) is 24.8 Å². The lowest BCUT2D eigenvalue weighted by atomic mass is 9.97. The van der Waals surface area contributed by atoms with E-state index in [1.165, 1.54) is 0 Å². The van der Waals surface area contributed by atoms with Crippen LogP contribution >= 0.6 is 0 Å². The summed E-state index contributed by atoms with van der Waals surface area (Å²) in [5.41, 5.74) is 3.22. The number of carbonyl (C=O) groups excluding carboxylic acids is 1. The second-order valence-electron chi connectivity index (χ2n) is 6.32. The number of carbonyl (C=O) groups is 1. The van der Waals surface area contributed by atoms with Gasteiger partial charge in [-0.05, 0) is 26.2 Å². The molecule has 0 aliphatic rings. The van der Waals surface area contributed by atoms with Crippen LogP contribution in [0.5, 0.6) is 0 Å². The van der Waals surface area contributed by atoms with Crippen LogP contribution in [0.1, 0.15) is 50.7 Å². The molecule has 0 spiro atoms. The molecule has 0 aromatic carbocycles. The van der Waals surface area contributed by atoms with Crippen molar-refractivity contribution in [2.24, 2.45) is 12.5 Å². The second-order valence-corrected chi connectivity index (χ2v) is 6.32. The van der Waals surface area contributed by atoms with Crippen molar-refractivity contribution >= 4 is 6.03 Å². The quantitative estimate of drug-likeness (QED) is 0.883. The first-order chi connectivity index (χ1) is 8.61. The molecule has 108 valence electrons. The minimum atomic E-state index is -0.134. The molecule has 0 aliphatic carbocycles. The Hall–Kier alpha value is -1.52. The van der Waals surface area contributed by atoms with Crippen molar-refractivity contribution in [3.05, 3.63) is 17.0 Å². The molecular formula is C14H26N4O. The molecular weight excluding hydrogens is 240 g/mol. The summed E-state index contributed by atoms with van der Waals surface area (Å²) in [7, 11) is 1.91. The Morgan fingerprint density at radius 2 is 1.95 bits per heavy atom. The Morgan fingerprint density at radius 1 is 1.37 bits per heavy atom. The smallest absolute Gasteiger partial charge is 0.315 e. The van der Waals surface area contributed by atoms with Crippen molar-refractivity contribution in [1.29, 1.82) is 0 Å². The fraction of sp³-hybridized carbons (Fsp3) is 0.714. The van der Waals surface area contributed by atoms with Crippen LogP contribution in [0.4, 0.5) is 4.79 Å². The van der Waals surface area contributed by atoms with Gasteiger partial charge in [-0.25, -0.2) is 4.79 Å². The van der Waals surface area contributed by atoms with E-state index in [0.29, 0.717) is 6.54 Å². The third-order valence-electron chi connectivity index (χ3n) is 3.12. The molecule has 1 aromatic heterocycles. The van der Waals surface area contributed by atoms with E-state index in [1.54, 1.807) is 0 Å². The maximum atomic E-state index is 11.9. The van der Waals surface area contributed by atoms with Crippen LogP contribution in [0.15, 0.2) is 0 Å². The highest BCUT2D eigenvalue weighted by atomic mass is 16.2. The number of aryl methyl sites for hydroxylation is 2. The Labute approximate surface area is 115 Å². The number of hydrogen-bond acceptors (Lipinski definition) is 2.